The number of rotatable bonds is 8. The summed E-state index contributed by atoms with van der Waals surface area (Å²) in [6.45, 7) is 0.213. The summed E-state index contributed by atoms with van der Waals surface area (Å²) in [6.07, 6.45) is 3.51. The average molecular weight is 383 g/mol. The van der Waals surface area contributed by atoms with E-state index in [1.807, 2.05) is 0 Å². The van der Waals surface area contributed by atoms with E-state index in [1.165, 1.54) is 26.2 Å². The Morgan fingerprint density at radius 3 is 2.08 bits per heavy atom. The monoisotopic (exact) mass is 383 g/mol. The molecule has 0 aliphatic carbocycles. The second-order valence-corrected chi connectivity index (χ2v) is 9.76. The van der Waals surface area contributed by atoms with Gasteiger partial charge in [0.1, 0.15) is 0 Å². The number of pyridine rings is 1. The number of nitrogens with zero attached hydrogens (tertiary/aromatic N) is 2. The largest absolute Gasteiger partial charge is 0.265 e. The Labute approximate surface area is 148 Å². The van der Waals surface area contributed by atoms with Crippen molar-refractivity contribution in [3.8, 4) is 0 Å². The standard InChI is InChI=1S/C16H21N3O4S2/c1-19(2)25(22,23)16-5-3-14(4-6-16)9-12-24(20,21)18-13-15-7-10-17-11-8-15/h3-8,10-11,18H,9,12-13H2,1-2H3. The van der Waals surface area contributed by atoms with Gasteiger partial charge in [-0.15, -0.1) is 0 Å². The van der Waals surface area contributed by atoms with Crippen LogP contribution < -0.4 is 4.72 Å². The van der Waals surface area contributed by atoms with E-state index in [2.05, 4.69) is 9.71 Å². The molecule has 0 saturated carbocycles. The summed E-state index contributed by atoms with van der Waals surface area (Å²) in [6, 6.07) is 9.73. The third-order valence-corrected chi connectivity index (χ3v) is 6.76. The highest BCUT2D eigenvalue weighted by molar-refractivity contribution is 7.89. The van der Waals surface area contributed by atoms with Crippen molar-refractivity contribution in [1.29, 1.82) is 0 Å². The van der Waals surface area contributed by atoms with Crippen LogP contribution in [0.2, 0.25) is 0 Å². The zero-order valence-corrected chi connectivity index (χ0v) is 15.7. The van der Waals surface area contributed by atoms with E-state index in [0.29, 0.717) is 6.42 Å². The second kappa shape index (κ2) is 8.05. The van der Waals surface area contributed by atoms with Crippen molar-refractivity contribution < 1.29 is 16.8 Å². The molecule has 0 unspecified atom stereocenters. The molecule has 0 saturated heterocycles. The first-order valence-corrected chi connectivity index (χ1v) is 10.7. The molecule has 0 atom stereocenters. The smallest absolute Gasteiger partial charge is 0.242 e. The van der Waals surface area contributed by atoms with Gasteiger partial charge < -0.3 is 0 Å². The lowest BCUT2D eigenvalue weighted by atomic mass is 10.2. The molecule has 0 spiro atoms. The number of benzene rings is 1. The van der Waals surface area contributed by atoms with Gasteiger partial charge in [-0.1, -0.05) is 12.1 Å². The normalized spacial score (nSPS) is 12.4. The fraction of sp³-hybridized carbons (Fsp3) is 0.312. The van der Waals surface area contributed by atoms with E-state index in [9.17, 15) is 16.8 Å². The van der Waals surface area contributed by atoms with Gasteiger partial charge >= 0.3 is 0 Å². The van der Waals surface area contributed by atoms with Crippen LogP contribution in [-0.2, 0) is 33.0 Å². The summed E-state index contributed by atoms with van der Waals surface area (Å²) in [5.74, 6) is -0.0716. The van der Waals surface area contributed by atoms with Gasteiger partial charge in [0.2, 0.25) is 20.0 Å². The Kier molecular flexibility index (Phi) is 6.28. The number of aromatic nitrogens is 1. The van der Waals surface area contributed by atoms with E-state index in [-0.39, 0.29) is 17.2 Å². The number of hydrogen-bond acceptors (Lipinski definition) is 5. The third-order valence-electron chi connectivity index (χ3n) is 3.61. The van der Waals surface area contributed by atoms with Crippen molar-refractivity contribution in [3.63, 3.8) is 0 Å². The van der Waals surface area contributed by atoms with Gasteiger partial charge in [-0.05, 0) is 41.8 Å². The highest BCUT2D eigenvalue weighted by atomic mass is 32.2. The lowest BCUT2D eigenvalue weighted by Crippen LogP contribution is -2.27. The van der Waals surface area contributed by atoms with Gasteiger partial charge in [0, 0.05) is 33.0 Å². The van der Waals surface area contributed by atoms with Crippen LogP contribution in [0.1, 0.15) is 11.1 Å². The molecule has 7 nitrogen and oxygen atoms in total. The zero-order chi connectivity index (χ0) is 18.5. The molecule has 0 amide bonds. The third kappa shape index (κ3) is 5.60. The highest BCUT2D eigenvalue weighted by Crippen LogP contribution is 2.14. The summed E-state index contributed by atoms with van der Waals surface area (Å²) in [5, 5.41) is 0. The fourth-order valence-electron chi connectivity index (χ4n) is 2.06. The fourth-order valence-corrected chi connectivity index (χ4v) is 3.99. The SMILES string of the molecule is CN(C)S(=O)(=O)c1ccc(CCS(=O)(=O)NCc2ccncc2)cc1. The van der Waals surface area contributed by atoms with E-state index in [4.69, 9.17) is 0 Å². The number of sulfonamides is 2. The van der Waals surface area contributed by atoms with E-state index in [1.54, 1.807) is 36.7 Å². The van der Waals surface area contributed by atoms with Crippen LogP contribution in [0.25, 0.3) is 0 Å². The Balaban J connectivity index is 1.94. The number of aryl methyl sites for hydroxylation is 1. The number of hydrogen-bond donors (Lipinski definition) is 1. The van der Waals surface area contributed by atoms with Gasteiger partial charge in [0.15, 0.2) is 0 Å². The minimum Gasteiger partial charge on any atom is -0.265 e. The molecule has 0 radical (unpaired) electrons. The zero-order valence-electron chi connectivity index (χ0n) is 14.1. The van der Waals surface area contributed by atoms with Crippen LogP contribution in [0.5, 0.6) is 0 Å². The lowest BCUT2D eigenvalue weighted by Gasteiger charge is -2.12. The molecular weight excluding hydrogens is 362 g/mol. The Bertz CT molecular complexity index is 894. The molecule has 0 aliphatic heterocycles. The van der Waals surface area contributed by atoms with Gasteiger partial charge in [0.25, 0.3) is 0 Å². The van der Waals surface area contributed by atoms with Gasteiger partial charge in [-0.2, -0.15) is 0 Å². The van der Waals surface area contributed by atoms with Crippen molar-refractivity contribution in [3.05, 3.63) is 59.9 Å². The summed E-state index contributed by atoms with van der Waals surface area (Å²) < 4.78 is 51.8. The minimum atomic E-state index is -3.48. The van der Waals surface area contributed by atoms with Crippen molar-refractivity contribution in [2.24, 2.45) is 0 Å². The average Bonchev–Trinajstić information content (AvgIpc) is 2.59. The predicted octanol–water partition coefficient (Wildman–Crippen LogP) is 0.994. The Morgan fingerprint density at radius 2 is 1.52 bits per heavy atom. The van der Waals surface area contributed by atoms with Gasteiger partial charge in [-0.3, -0.25) is 4.98 Å². The summed E-state index contributed by atoms with van der Waals surface area (Å²) in [4.78, 5) is 4.06. The molecule has 1 aromatic heterocycles. The van der Waals surface area contributed by atoms with E-state index < -0.39 is 20.0 Å². The lowest BCUT2D eigenvalue weighted by molar-refractivity contribution is 0.520. The Morgan fingerprint density at radius 1 is 0.920 bits per heavy atom. The summed E-state index contributed by atoms with van der Waals surface area (Å²) in [7, 11) is -3.98. The van der Waals surface area contributed by atoms with Crippen LogP contribution in [0, 0.1) is 0 Å². The van der Waals surface area contributed by atoms with Crippen molar-refractivity contribution in [1.82, 2.24) is 14.0 Å². The minimum absolute atomic E-state index is 0.0716. The molecule has 0 bridgehead atoms. The molecular formula is C16H21N3O4S2. The van der Waals surface area contributed by atoms with Crippen molar-refractivity contribution in [2.45, 2.75) is 17.9 Å². The first-order chi connectivity index (χ1) is 11.7. The molecule has 0 aliphatic rings. The van der Waals surface area contributed by atoms with Crippen molar-refractivity contribution in [2.75, 3.05) is 19.8 Å². The van der Waals surface area contributed by atoms with Crippen LogP contribution in [0.3, 0.4) is 0 Å². The predicted molar refractivity (Wildman–Crippen MR) is 95.9 cm³/mol. The second-order valence-electron chi connectivity index (χ2n) is 5.68. The summed E-state index contributed by atoms with van der Waals surface area (Å²) >= 11 is 0. The Hall–Kier alpha value is -1.81. The summed E-state index contributed by atoms with van der Waals surface area (Å²) in [5.41, 5.74) is 1.59. The topological polar surface area (TPSA) is 96.4 Å². The molecule has 1 aromatic carbocycles. The van der Waals surface area contributed by atoms with Crippen LogP contribution in [-0.4, -0.2) is 46.0 Å². The maximum Gasteiger partial charge on any atom is 0.242 e. The van der Waals surface area contributed by atoms with Crippen LogP contribution >= 0.6 is 0 Å². The molecule has 25 heavy (non-hydrogen) atoms. The highest BCUT2D eigenvalue weighted by Gasteiger charge is 2.17. The molecule has 9 heteroatoms. The molecule has 2 rings (SSSR count). The van der Waals surface area contributed by atoms with Gasteiger partial charge in [-0.25, -0.2) is 25.9 Å². The van der Waals surface area contributed by atoms with E-state index in [0.717, 1.165) is 15.4 Å². The number of nitrogens with one attached hydrogen (secondary N) is 1. The van der Waals surface area contributed by atoms with Crippen LogP contribution in [0.15, 0.2) is 53.7 Å². The van der Waals surface area contributed by atoms with E-state index >= 15 is 0 Å². The maximum absolute atomic E-state index is 12.1. The molecule has 1 heterocycles. The van der Waals surface area contributed by atoms with Crippen LogP contribution in [0.4, 0.5) is 0 Å². The maximum atomic E-state index is 12.1. The first kappa shape index (κ1) is 19.5. The first-order valence-electron chi connectivity index (χ1n) is 7.58. The van der Waals surface area contributed by atoms with Crippen molar-refractivity contribution >= 4 is 20.0 Å². The molecule has 0 fully saturated rings. The van der Waals surface area contributed by atoms with Gasteiger partial charge in [0.05, 0.1) is 10.6 Å². The molecule has 2 aromatic rings. The quantitative estimate of drug-likeness (QED) is 0.733. The molecule has 1 N–H and O–H groups in total. The molecule has 136 valence electrons.